The highest BCUT2D eigenvalue weighted by molar-refractivity contribution is 8.32. The van der Waals surface area contributed by atoms with Crippen LogP contribution < -0.4 is 0 Å². The number of aliphatic imine (C=N–C) groups is 2. The Morgan fingerprint density at radius 1 is 0.939 bits per heavy atom. The van der Waals surface area contributed by atoms with Crippen LogP contribution in [-0.2, 0) is 4.74 Å². The van der Waals surface area contributed by atoms with Gasteiger partial charge in [-0.15, -0.1) is 0 Å². The number of hydrogen-bond donors (Lipinski definition) is 0. The monoisotopic (exact) mass is 466 g/mol. The largest absolute Gasteiger partial charge is 0.474 e. The fourth-order valence-electron chi connectivity index (χ4n) is 3.96. The van der Waals surface area contributed by atoms with Gasteiger partial charge in [0.25, 0.3) is 0 Å². The molecule has 0 spiro atoms. The lowest BCUT2D eigenvalue weighted by Crippen LogP contribution is -2.25. The Balaban J connectivity index is 2.22. The van der Waals surface area contributed by atoms with Crippen LogP contribution in [0.3, 0.4) is 0 Å². The summed E-state index contributed by atoms with van der Waals surface area (Å²) >= 11 is 0. The van der Waals surface area contributed by atoms with E-state index < -0.39 is 10.0 Å². The van der Waals surface area contributed by atoms with E-state index in [9.17, 15) is 0 Å². The molecule has 0 bridgehead atoms. The van der Waals surface area contributed by atoms with Crippen molar-refractivity contribution in [2.24, 2.45) is 15.4 Å². The van der Waals surface area contributed by atoms with Crippen LogP contribution in [0.1, 0.15) is 77.0 Å². The fraction of sp³-hybridized carbons (Fsp3) is 0.517. The molecule has 0 N–H and O–H groups in total. The second kappa shape index (κ2) is 9.66. The molecule has 0 aromatic heterocycles. The van der Waals surface area contributed by atoms with Crippen molar-refractivity contribution in [3.8, 4) is 0 Å². The standard InChI is InChI=1S/C29H42N2OS/c1-19(2)23-12-11-13-24(20(3)4)27(23)31-26(28-30-25(18-32-28)29(5,6)7)21-14-16-22(17-15-21)33(8,9)10/h11-17,19-20,25H,18H2,1-10H3/t25-/m1/s1. The molecule has 0 fully saturated rings. The third kappa shape index (κ3) is 5.90. The van der Waals surface area contributed by atoms with Crippen molar-refractivity contribution in [2.75, 3.05) is 25.4 Å². The first-order valence-electron chi connectivity index (χ1n) is 12.0. The molecule has 1 aliphatic rings. The van der Waals surface area contributed by atoms with Gasteiger partial charge in [0.1, 0.15) is 12.3 Å². The molecule has 2 aromatic carbocycles. The van der Waals surface area contributed by atoms with E-state index in [2.05, 4.69) is 110 Å². The van der Waals surface area contributed by atoms with Gasteiger partial charge >= 0.3 is 0 Å². The average molecular weight is 467 g/mol. The summed E-state index contributed by atoms with van der Waals surface area (Å²) in [5.41, 5.74) is 5.54. The fourth-order valence-corrected chi connectivity index (χ4v) is 4.91. The molecule has 0 aliphatic carbocycles. The summed E-state index contributed by atoms with van der Waals surface area (Å²) in [6.07, 6.45) is 6.97. The summed E-state index contributed by atoms with van der Waals surface area (Å²) < 4.78 is 6.20. The first-order valence-corrected chi connectivity index (χ1v) is 14.9. The topological polar surface area (TPSA) is 34.0 Å². The minimum Gasteiger partial charge on any atom is -0.474 e. The lowest BCUT2D eigenvalue weighted by molar-refractivity contribution is 0.237. The smallest absolute Gasteiger partial charge is 0.236 e. The zero-order chi connectivity index (χ0) is 24.6. The highest BCUT2D eigenvalue weighted by Gasteiger charge is 2.32. The molecule has 3 rings (SSSR count). The Bertz CT molecular complexity index is 1010. The summed E-state index contributed by atoms with van der Waals surface area (Å²) in [7, 11) is -0.789. The SMILES string of the molecule is CC(C)c1cccc(C(C)C)c1N=C(C1=N[C@@H](C(C)(C)C)CO1)c1ccc(S(C)(C)C)cc1. The molecular formula is C29H42N2OS. The predicted octanol–water partition coefficient (Wildman–Crippen LogP) is 7.95. The van der Waals surface area contributed by atoms with Crippen LogP contribution in [0.4, 0.5) is 5.69 Å². The van der Waals surface area contributed by atoms with Gasteiger partial charge in [0, 0.05) is 5.56 Å². The summed E-state index contributed by atoms with van der Waals surface area (Å²) in [5, 5.41) is 0. The second-order valence-corrected chi connectivity index (χ2v) is 15.7. The van der Waals surface area contributed by atoms with Gasteiger partial charge in [-0.3, -0.25) is 0 Å². The average Bonchev–Trinajstić information content (AvgIpc) is 3.21. The molecular weight excluding hydrogens is 424 g/mol. The van der Waals surface area contributed by atoms with E-state index in [1.165, 1.54) is 16.0 Å². The molecule has 1 aliphatic heterocycles. The number of ether oxygens (including phenoxy) is 1. The summed E-state index contributed by atoms with van der Waals surface area (Å²) in [5.74, 6) is 1.42. The van der Waals surface area contributed by atoms with Gasteiger partial charge in [-0.2, -0.15) is 0 Å². The number of para-hydroxylation sites is 1. The van der Waals surface area contributed by atoms with E-state index in [0.717, 1.165) is 17.0 Å². The van der Waals surface area contributed by atoms with Crippen LogP contribution in [0.25, 0.3) is 0 Å². The van der Waals surface area contributed by atoms with E-state index in [1.807, 2.05) is 0 Å². The van der Waals surface area contributed by atoms with Crippen LogP contribution in [-0.4, -0.2) is 43.0 Å². The first-order chi connectivity index (χ1) is 15.3. The maximum absolute atomic E-state index is 6.20. The van der Waals surface area contributed by atoms with Crippen molar-refractivity contribution < 1.29 is 4.74 Å². The predicted molar refractivity (Wildman–Crippen MR) is 148 cm³/mol. The first kappa shape index (κ1) is 25.6. The van der Waals surface area contributed by atoms with E-state index >= 15 is 0 Å². The number of nitrogens with zero attached hydrogens (tertiary/aromatic N) is 2. The van der Waals surface area contributed by atoms with Crippen LogP contribution in [0.2, 0.25) is 0 Å². The lowest BCUT2D eigenvalue weighted by Gasteiger charge is -2.26. The Morgan fingerprint density at radius 3 is 1.91 bits per heavy atom. The zero-order valence-corrected chi connectivity index (χ0v) is 23.0. The van der Waals surface area contributed by atoms with Crippen LogP contribution in [0.5, 0.6) is 0 Å². The maximum atomic E-state index is 6.20. The van der Waals surface area contributed by atoms with Gasteiger partial charge in [-0.1, -0.05) is 78.8 Å². The Kier molecular flexibility index (Phi) is 7.48. The van der Waals surface area contributed by atoms with Gasteiger partial charge < -0.3 is 4.74 Å². The summed E-state index contributed by atoms with van der Waals surface area (Å²) in [4.78, 5) is 11.7. The van der Waals surface area contributed by atoms with Gasteiger partial charge in [0.2, 0.25) is 5.90 Å². The third-order valence-corrected chi connectivity index (χ3v) is 7.94. The molecule has 33 heavy (non-hydrogen) atoms. The van der Waals surface area contributed by atoms with Crippen molar-refractivity contribution in [3.05, 3.63) is 59.2 Å². The molecule has 0 amide bonds. The van der Waals surface area contributed by atoms with E-state index in [0.29, 0.717) is 24.3 Å². The minimum absolute atomic E-state index is 0.0469. The van der Waals surface area contributed by atoms with E-state index in [1.54, 1.807) is 0 Å². The number of benzene rings is 2. The van der Waals surface area contributed by atoms with Crippen molar-refractivity contribution >= 4 is 27.3 Å². The number of rotatable bonds is 6. The van der Waals surface area contributed by atoms with Crippen molar-refractivity contribution in [3.63, 3.8) is 0 Å². The summed E-state index contributed by atoms with van der Waals surface area (Å²) in [6.45, 7) is 16.2. The Labute approximate surface area is 203 Å². The van der Waals surface area contributed by atoms with Crippen LogP contribution >= 0.6 is 10.0 Å². The zero-order valence-electron chi connectivity index (χ0n) is 22.2. The Morgan fingerprint density at radius 2 is 1.48 bits per heavy atom. The molecule has 1 atom stereocenters. The minimum atomic E-state index is -0.789. The van der Waals surface area contributed by atoms with E-state index in [4.69, 9.17) is 14.7 Å². The van der Waals surface area contributed by atoms with Gasteiger partial charge in [0.05, 0.1) is 11.7 Å². The highest BCUT2D eigenvalue weighted by atomic mass is 32.3. The molecule has 0 unspecified atom stereocenters. The number of hydrogen-bond acceptors (Lipinski definition) is 3. The normalized spacial score (nSPS) is 18.0. The highest BCUT2D eigenvalue weighted by Crippen LogP contribution is 2.45. The quantitative estimate of drug-likeness (QED) is 0.398. The molecule has 1 heterocycles. The molecule has 4 heteroatoms. The van der Waals surface area contributed by atoms with Crippen molar-refractivity contribution in [1.82, 2.24) is 0 Å². The van der Waals surface area contributed by atoms with Gasteiger partial charge in [-0.25, -0.2) is 20.0 Å². The Hall–Kier alpha value is -2.07. The third-order valence-electron chi connectivity index (χ3n) is 6.25. The molecule has 2 aromatic rings. The maximum Gasteiger partial charge on any atom is 0.236 e. The molecule has 0 saturated carbocycles. The second-order valence-electron chi connectivity index (χ2n) is 11.5. The lowest BCUT2D eigenvalue weighted by atomic mass is 9.88. The van der Waals surface area contributed by atoms with E-state index in [-0.39, 0.29) is 11.5 Å². The molecule has 180 valence electrons. The van der Waals surface area contributed by atoms with Gasteiger partial charge in [-0.05, 0) is 64.2 Å². The van der Waals surface area contributed by atoms with Crippen molar-refractivity contribution in [1.29, 1.82) is 0 Å². The van der Waals surface area contributed by atoms with Crippen LogP contribution in [0.15, 0.2) is 57.3 Å². The molecule has 0 radical (unpaired) electrons. The van der Waals surface area contributed by atoms with Crippen LogP contribution in [0, 0.1) is 5.41 Å². The van der Waals surface area contributed by atoms with Gasteiger partial charge in [0.15, 0.2) is 0 Å². The molecule has 3 nitrogen and oxygen atoms in total. The van der Waals surface area contributed by atoms with Crippen molar-refractivity contribution in [2.45, 2.75) is 71.2 Å². The summed E-state index contributed by atoms with van der Waals surface area (Å²) in [6, 6.07) is 15.6. The molecule has 0 saturated heterocycles.